The van der Waals surface area contributed by atoms with Crippen LogP contribution in [-0.2, 0) is 0 Å². The highest BCUT2D eigenvalue weighted by Crippen LogP contribution is 2.25. The Morgan fingerprint density at radius 1 is 1.38 bits per heavy atom. The molecular formula is C15H23N9O2. The van der Waals surface area contributed by atoms with Crippen LogP contribution in [0.3, 0.4) is 0 Å². The van der Waals surface area contributed by atoms with Crippen LogP contribution in [0.1, 0.15) is 27.2 Å². The number of nitrogens with zero attached hydrogens (tertiary/aromatic N) is 6. The topological polar surface area (TPSA) is 137 Å². The number of nitrogen functional groups attached to an aromatic ring is 1. The summed E-state index contributed by atoms with van der Waals surface area (Å²) in [5, 5.41) is 18.4. The Morgan fingerprint density at radius 2 is 2.15 bits per heavy atom. The third-order valence-electron chi connectivity index (χ3n) is 3.98. The average molecular weight is 361 g/mol. The van der Waals surface area contributed by atoms with Crippen LogP contribution in [0, 0.1) is 0 Å². The zero-order chi connectivity index (χ0) is 18.8. The molecule has 0 aliphatic carbocycles. The van der Waals surface area contributed by atoms with Gasteiger partial charge in [0.1, 0.15) is 12.1 Å². The minimum Gasteiger partial charge on any atom is -0.465 e. The Balaban J connectivity index is 2.02. The van der Waals surface area contributed by atoms with Crippen LogP contribution < -0.4 is 21.5 Å². The molecule has 11 nitrogen and oxygen atoms in total. The van der Waals surface area contributed by atoms with Crippen LogP contribution in [0.4, 0.5) is 16.6 Å². The number of nitrogens with one attached hydrogen (secondary N) is 2. The van der Waals surface area contributed by atoms with Crippen LogP contribution in [0.5, 0.6) is 0 Å². The van der Waals surface area contributed by atoms with E-state index in [4.69, 9.17) is 10.8 Å². The molecule has 11 heteroatoms. The lowest BCUT2D eigenvalue weighted by atomic mass is 10.3. The molecular weight excluding hydrogens is 338 g/mol. The zero-order valence-corrected chi connectivity index (χ0v) is 15.0. The van der Waals surface area contributed by atoms with Gasteiger partial charge in [-0.2, -0.15) is 9.97 Å². The van der Waals surface area contributed by atoms with Gasteiger partial charge in [0, 0.05) is 13.1 Å². The van der Waals surface area contributed by atoms with Gasteiger partial charge in [-0.3, -0.25) is 10.3 Å². The van der Waals surface area contributed by atoms with Crippen molar-refractivity contribution in [2.24, 2.45) is 0 Å². The normalized spacial score (nSPS) is 16.9. The van der Waals surface area contributed by atoms with Crippen LogP contribution >= 0.6 is 0 Å². The molecule has 140 valence electrons. The molecule has 1 aliphatic heterocycles. The number of amides is 1. The van der Waals surface area contributed by atoms with Crippen LogP contribution in [0.2, 0.25) is 0 Å². The van der Waals surface area contributed by atoms with Crippen molar-refractivity contribution < 1.29 is 9.90 Å². The van der Waals surface area contributed by atoms with Crippen molar-refractivity contribution in [2.45, 2.75) is 33.2 Å². The summed E-state index contributed by atoms with van der Waals surface area (Å²) in [5.41, 5.74) is 7.03. The maximum absolute atomic E-state index is 11.1. The molecule has 0 fully saturated rings. The van der Waals surface area contributed by atoms with Crippen molar-refractivity contribution in [2.75, 3.05) is 29.3 Å². The Kier molecular flexibility index (Phi) is 4.69. The first-order valence-electron chi connectivity index (χ1n) is 8.49. The predicted molar refractivity (Wildman–Crippen MR) is 97.8 cm³/mol. The number of anilines is 2. The molecule has 0 bridgehead atoms. The monoisotopic (exact) mass is 361 g/mol. The summed E-state index contributed by atoms with van der Waals surface area (Å²) >= 11 is 0. The highest BCUT2D eigenvalue weighted by atomic mass is 16.4. The Hall–Kier alpha value is -3.24. The first-order valence-corrected chi connectivity index (χ1v) is 8.49. The van der Waals surface area contributed by atoms with Gasteiger partial charge in [0.05, 0.1) is 6.04 Å². The molecule has 1 aliphatic rings. The lowest BCUT2D eigenvalue weighted by Gasteiger charge is -2.35. The van der Waals surface area contributed by atoms with Gasteiger partial charge in [-0.1, -0.05) is 6.92 Å². The summed E-state index contributed by atoms with van der Waals surface area (Å²) in [6.45, 7) is 7.23. The second-order valence-electron chi connectivity index (χ2n) is 5.88. The zero-order valence-electron chi connectivity index (χ0n) is 15.0. The number of aromatic nitrogens is 4. The molecule has 0 aromatic carbocycles. The minimum atomic E-state index is -1.11. The number of fused-ring (bicyclic) bond motifs is 1. The fourth-order valence-corrected chi connectivity index (χ4v) is 2.98. The molecule has 0 spiro atoms. The van der Waals surface area contributed by atoms with Crippen molar-refractivity contribution >= 4 is 29.0 Å². The van der Waals surface area contributed by atoms with E-state index in [0.29, 0.717) is 29.3 Å². The lowest BCUT2D eigenvalue weighted by Crippen LogP contribution is -2.50. The van der Waals surface area contributed by atoms with Crippen LogP contribution in [0.15, 0.2) is 18.2 Å². The summed E-state index contributed by atoms with van der Waals surface area (Å²) < 4.78 is 1.76. The fraction of sp³-hybridized carbons (Fsp3) is 0.467. The van der Waals surface area contributed by atoms with E-state index < -0.39 is 6.09 Å². The maximum atomic E-state index is 11.1. The molecule has 3 rings (SSSR count). The molecule has 26 heavy (non-hydrogen) atoms. The van der Waals surface area contributed by atoms with Gasteiger partial charge < -0.3 is 16.2 Å². The standard InChI is InChI=1S/C15H23N9O2/c1-4-6-17-12-11-13(21-14(16)20-12)23(8-18-11)24-9(3)7-10(19-15(25)26)22(24)5-2/h7-9,19H,4-6H2,1-3H3,(H,25,26)(H3,16,17,20,21). The highest BCUT2D eigenvalue weighted by Gasteiger charge is 2.31. The summed E-state index contributed by atoms with van der Waals surface area (Å²) in [4.78, 5) is 24.1. The lowest BCUT2D eigenvalue weighted by molar-refractivity contribution is 0.188. The number of rotatable bonds is 6. The SMILES string of the molecule is CCCNc1nc(N)nc2c1ncn2N1C(C)C=C(NC(=O)O)N1CC. The van der Waals surface area contributed by atoms with E-state index in [1.807, 2.05) is 25.0 Å². The quantitative estimate of drug-likeness (QED) is 0.591. The second kappa shape index (κ2) is 6.94. The first kappa shape index (κ1) is 17.6. The van der Waals surface area contributed by atoms with E-state index >= 15 is 0 Å². The predicted octanol–water partition coefficient (Wildman–Crippen LogP) is 0.916. The molecule has 0 saturated carbocycles. The molecule has 5 N–H and O–H groups in total. The van der Waals surface area contributed by atoms with E-state index in [9.17, 15) is 4.79 Å². The molecule has 0 radical (unpaired) electrons. The number of hydrogen-bond donors (Lipinski definition) is 4. The molecule has 0 saturated heterocycles. The number of hydrazine groups is 1. The number of carboxylic acid groups (broad SMARTS) is 1. The van der Waals surface area contributed by atoms with Gasteiger partial charge in [0.25, 0.3) is 0 Å². The minimum absolute atomic E-state index is 0.113. The smallest absolute Gasteiger partial charge is 0.410 e. The number of hydrogen-bond acceptors (Lipinski definition) is 8. The van der Waals surface area contributed by atoms with Crippen molar-refractivity contribution in [1.82, 2.24) is 30.0 Å². The van der Waals surface area contributed by atoms with Crippen LogP contribution in [-0.4, -0.2) is 55.0 Å². The summed E-state index contributed by atoms with van der Waals surface area (Å²) in [6.07, 6.45) is 3.28. The van der Waals surface area contributed by atoms with Crippen molar-refractivity contribution in [3.63, 3.8) is 0 Å². The van der Waals surface area contributed by atoms with E-state index in [1.54, 1.807) is 16.0 Å². The third-order valence-corrected chi connectivity index (χ3v) is 3.98. The van der Waals surface area contributed by atoms with Crippen molar-refractivity contribution in [3.8, 4) is 0 Å². The van der Waals surface area contributed by atoms with E-state index in [0.717, 1.165) is 13.0 Å². The molecule has 1 atom stereocenters. The summed E-state index contributed by atoms with van der Waals surface area (Å²) in [6, 6.07) is -0.113. The van der Waals surface area contributed by atoms with Gasteiger partial charge in [-0.15, -0.1) is 0 Å². The molecule has 1 unspecified atom stereocenters. The van der Waals surface area contributed by atoms with Gasteiger partial charge in [-0.25, -0.2) is 19.6 Å². The third kappa shape index (κ3) is 3.03. The Bertz CT molecular complexity index is 847. The van der Waals surface area contributed by atoms with E-state index in [2.05, 4.69) is 32.5 Å². The first-order chi connectivity index (χ1) is 12.5. The summed E-state index contributed by atoms with van der Waals surface area (Å²) in [5.74, 6) is 1.21. The largest absolute Gasteiger partial charge is 0.465 e. The average Bonchev–Trinajstić information content (AvgIpc) is 3.12. The van der Waals surface area contributed by atoms with Gasteiger partial charge >= 0.3 is 6.09 Å². The van der Waals surface area contributed by atoms with Gasteiger partial charge in [-0.05, 0) is 26.3 Å². The van der Waals surface area contributed by atoms with Crippen molar-refractivity contribution in [1.29, 1.82) is 0 Å². The fourth-order valence-electron chi connectivity index (χ4n) is 2.98. The highest BCUT2D eigenvalue weighted by molar-refractivity contribution is 5.84. The van der Waals surface area contributed by atoms with Gasteiger partial charge in [0.15, 0.2) is 17.0 Å². The summed E-state index contributed by atoms with van der Waals surface area (Å²) in [7, 11) is 0. The number of nitrogens with two attached hydrogens (primary N) is 1. The van der Waals surface area contributed by atoms with Crippen molar-refractivity contribution in [3.05, 3.63) is 18.2 Å². The molecule has 2 aromatic heterocycles. The maximum Gasteiger partial charge on any atom is 0.410 e. The molecule has 3 heterocycles. The Labute approximate surface area is 150 Å². The van der Waals surface area contributed by atoms with E-state index in [1.165, 1.54) is 0 Å². The number of carbonyl (C=O) groups is 1. The number of imidazole rings is 1. The molecule has 1 amide bonds. The van der Waals surface area contributed by atoms with E-state index in [-0.39, 0.29) is 12.0 Å². The van der Waals surface area contributed by atoms with Crippen LogP contribution in [0.25, 0.3) is 11.2 Å². The molecule has 2 aromatic rings. The van der Waals surface area contributed by atoms with Gasteiger partial charge in [0.2, 0.25) is 5.95 Å². The Morgan fingerprint density at radius 3 is 2.81 bits per heavy atom. The second-order valence-corrected chi connectivity index (χ2v) is 5.88.